The zero-order chi connectivity index (χ0) is 9.97. The van der Waals surface area contributed by atoms with Crippen LogP contribution in [0.2, 0.25) is 0 Å². The Hall–Kier alpha value is -1.10. The second-order valence-corrected chi connectivity index (χ2v) is 3.77. The topological polar surface area (TPSA) is 36.4 Å². The Morgan fingerprint density at radius 2 is 2.36 bits per heavy atom. The standard InChI is InChI=1S/C9H9BrFN3/c10-7-2-1-6(5-8(7)11)14-9-12-3-4-13-9/h1-2,5H,3-4H2,(H2,12,13,14). The molecule has 0 aliphatic carbocycles. The largest absolute Gasteiger partial charge is 0.354 e. The number of hydrogen-bond donors (Lipinski definition) is 2. The van der Waals surface area contributed by atoms with Crippen LogP contribution in [0.25, 0.3) is 0 Å². The van der Waals surface area contributed by atoms with E-state index in [0.29, 0.717) is 16.1 Å². The summed E-state index contributed by atoms with van der Waals surface area (Å²) in [4.78, 5) is 4.14. The molecule has 0 spiro atoms. The van der Waals surface area contributed by atoms with Crippen LogP contribution in [-0.2, 0) is 0 Å². The van der Waals surface area contributed by atoms with Crippen LogP contribution in [0.5, 0.6) is 0 Å². The molecule has 1 aromatic rings. The maximum absolute atomic E-state index is 13.1. The van der Waals surface area contributed by atoms with Gasteiger partial charge in [-0.25, -0.2) is 4.39 Å². The van der Waals surface area contributed by atoms with Crippen LogP contribution in [0.3, 0.4) is 0 Å². The number of aliphatic imine (C=N–C) groups is 1. The molecule has 74 valence electrons. The molecule has 2 rings (SSSR count). The highest BCUT2D eigenvalue weighted by Gasteiger charge is 2.06. The maximum atomic E-state index is 13.1. The normalized spacial score (nSPS) is 14.9. The van der Waals surface area contributed by atoms with E-state index in [2.05, 4.69) is 31.6 Å². The zero-order valence-corrected chi connectivity index (χ0v) is 8.94. The number of nitrogens with one attached hydrogen (secondary N) is 2. The summed E-state index contributed by atoms with van der Waals surface area (Å²) >= 11 is 3.09. The average molecular weight is 258 g/mol. The van der Waals surface area contributed by atoms with Crippen molar-refractivity contribution < 1.29 is 4.39 Å². The van der Waals surface area contributed by atoms with Gasteiger partial charge in [0.2, 0.25) is 0 Å². The van der Waals surface area contributed by atoms with Crippen LogP contribution in [0.15, 0.2) is 27.7 Å². The predicted molar refractivity (Wildman–Crippen MR) is 58.0 cm³/mol. The van der Waals surface area contributed by atoms with Gasteiger partial charge in [-0.05, 0) is 34.1 Å². The zero-order valence-electron chi connectivity index (χ0n) is 7.35. The molecule has 1 heterocycles. The maximum Gasteiger partial charge on any atom is 0.195 e. The highest BCUT2D eigenvalue weighted by Crippen LogP contribution is 2.19. The van der Waals surface area contributed by atoms with Gasteiger partial charge in [-0.1, -0.05) is 0 Å². The monoisotopic (exact) mass is 257 g/mol. The summed E-state index contributed by atoms with van der Waals surface area (Å²) < 4.78 is 13.6. The fourth-order valence-corrected chi connectivity index (χ4v) is 1.44. The number of anilines is 1. The lowest BCUT2D eigenvalue weighted by Gasteiger charge is -2.06. The smallest absolute Gasteiger partial charge is 0.195 e. The van der Waals surface area contributed by atoms with Gasteiger partial charge in [0, 0.05) is 12.2 Å². The first-order valence-electron chi connectivity index (χ1n) is 4.26. The molecule has 1 aliphatic rings. The summed E-state index contributed by atoms with van der Waals surface area (Å²) in [6.07, 6.45) is 0. The fraction of sp³-hybridized carbons (Fsp3) is 0.222. The highest BCUT2D eigenvalue weighted by atomic mass is 79.9. The number of benzene rings is 1. The third-order valence-corrected chi connectivity index (χ3v) is 2.50. The van der Waals surface area contributed by atoms with Crippen LogP contribution in [0.1, 0.15) is 0 Å². The second-order valence-electron chi connectivity index (χ2n) is 2.91. The summed E-state index contributed by atoms with van der Waals surface area (Å²) in [6.45, 7) is 1.60. The molecule has 14 heavy (non-hydrogen) atoms. The summed E-state index contributed by atoms with van der Waals surface area (Å²) in [5, 5.41) is 6.03. The second kappa shape index (κ2) is 3.96. The van der Waals surface area contributed by atoms with Crippen molar-refractivity contribution in [2.75, 3.05) is 18.4 Å². The number of halogens is 2. The summed E-state index contributed by atoms with van der Waals surface area (Å²) in [7, 11) is 0. The van der Waals surface area contributed by atoms with E-state index in [1.165, 1.54) is 6.07 Å². The van der Waals surface area contributed by atoms with Gasteiger partial charge in [-0.15, -0.1) is 0 Å². The van der Waals surface area contributed by atoms with Crippen LogP contribution in [-0.4, -0.2) is 19.0 Å². The molecule has 3 nitrogen and oxygen atoms in total. The molecule has 0 saturated heterocycles. The van der Waals surface area contributed by atoms with Crippen molar-refractivity contribution >= 4 is 27.6 Å². The molecule has 0 aromatic heterocycles. The predicted octanol–water partition coefficient (Wildman–Crippen LogP) is 1.96. The van der Waals surface area contributed by atoms with E-state index in [4.69, 9.17) is 0 Å². The van der Waals surface area contributed by atoms with Crippen LogP contribution in [0.4, 0.5) is 10.1 Å². The van der Waals surface area contributed by atoms with Crippen molar-refractivity contribution in [3.63, 3.8) is 0 Å². The van der Waals surface area contributed by atoms with Crippen molar-refractivity contribution in [3.05, 3.63) is 28.5 Å². The van der Waals surface area contributed by atoms with Gasteiger partial charge in [0.15, 0.2) is 5.96 Å². The molecule has 1 aliphatic heterocycles. The molecule has 0 unspecified atom stereocenters. The van der Waals surface area contributed by atoms with Crippen molar-refractivity contribution in [2.45, 2.75) is 0 Å². The lowest BCUT2D eigenvalue weighted by Crippen LogP contribution is -2.26. The Morgan fingerprint density at radius 1 is 1.50 bits per heavy atom. The molecule has 1 aromatic carbocycles. The Labute approximate surface area is 89.5 Å². The van der Waals surface area contributed by atoms with Crippen LogP contribution in [0, 0.1) is 5.82 Å². The molecular weight excluding hydrogens is 249 g/mol. The highest BCUT2D eigenvalue weighted by molar-refractivity contribution is 9.10. The van der Waals surface area contributed by atoms with Gasteiger partial charge in [0.1, 0.15) is 5.82 Å². The van der Waals surface area contributed by atoms with Crippen LogP contribution >= 0.6 is 15.9 Å². The number of rotatable bonds is 1. The van der Waals surface area contributed by atoms with Gasteiger partial charge in [0.25, 0.3) is 0 Å². The van der Waals surface area contributed by atoms with E-state index < -0.39 is 0 Å². The Bertz CT molecular complexity index is 378. The Morgan fingerprint density at radius 3 is 3.00 bits per heavy atom. The van der Waals surface area contributed by atoms with Gasteiger partial charge in [0.05, 0.1) is 11.0 Å². The molecule has 0 atom stereocenters. The van der Waals surface area contributed by atoms with E-state index in [1.807, 2.05) is 0 Å². The number of guanidine groups is 1. The first-order valence-corrected chi connectivity index (χ1v) is 5.05. The van der Waals surface area contributed by atoms with E-state index in [9.17, 15) is 4.39 Å². The molecule has 2 N–H and O–H groups in total. The first-order chi connectivity index (χ1) is 6.75. The molecule has 0 saturated carbocycles. The molecule has 5 heteroatoms. The molecule has 0 radical (unpaired) electrons. The quantitative estimate of drug-likeness (QED) is 0.807. The van der Waals surface area contributed by atoms with Gasteiger partial charge < -0.3 is 10.6 Å². The van der Waals surface area contributed by atoms with E-state index in [-0.39, 0.29) is 5.82 Å². The average Bonchev–Trinajstić information content (AvgIpc) is 2.64. The van der Waals surface area contributed by atoms with Crippen molar-refractivity contribution in [3.8, 4) is 0 Å². The molecule has 0 bridgehead atoms. The number of nitrogens with zero attached hydrogens (tertiary/aromatic N) is 1. The SMILES string of the molecule is Fc1cc(NC2=NCCN2)ccc1Br. The minimum atomic E-state index is -0.284. The Kier molecular flexibility index (Phi) is 2.67. The molecule has 0 fully saturated rings. The van der Waals surface area contributed by atoms with Gasteiger partial charge in [-0.3, -0.25) is 4.99 Å². The summed E-state index contributed by atoms with van der Waals surface area (Å²) in [5.41, 5.74) is 0.693. The fourth-order valence-electron chi connectivity index (χ4n) is 1.19. The van der Waals surface area contributed by atoms with E-state index >= 15 is 0 Å². The minimum absolute atomic E-state index is 0.284. The van der Waals surface area contributed by atoms with Crippen molar-refractivity contribution in [1.82, 2.24) is 5.32 Å². The Balaban J connectivity index is 2.13. The van der Waals surface area contributed by atoms with Gasteiger partial charge >= 0.3 is 0 Å². The summed E-state index contributed by atoms with van der Waals surface area (Å²) in [6, 6.07) is 4.87. The van der Waals surface area contributed by atoms with E-state index in [0.717, 1.165) is 13.1 Å². The van der Waals surface area contributed by atoms with Crippen LogP contribution < -0.4 is 10.6 Å². The lowest BCUT2D eigenvalue weighted by molar-refractivity contribution is 0.622. The molecular formula is C9H9BrFN3. The third-order valence-electron chi connectivity index (χ3n) is 1.86. The minimum Gasteiger partial charge on any atom is -0.354 e. The van der Waals surface area contributed by atoms with Crippen molar-refractivity contribution in [1.29, 1.82) is 0 Å². The lowest BCUT2D eigenvalue weighted by atomic mass is 10.3. The third kappa shape index (κ3) is 2.04. The van der Waals surface area contributed by atoms with Crippen molar-refractivity contribution in [2.24, 2.45) is 4.99 Å². The molecule has 0 amide bonds. The summed E-state index contributed by atoms with van der Waals surface area (Å²) in [5.74, 6) is 0.417. The number of hydrogen-bond acceptors (Lipinski definition) is 3. The van der Waals surface area contributed by atoms with Gasteiger partial charge in [-0.2, -0.15) is 0 Å². The first kappa shape index (κ1) is 9.45. The van der Waals surface area contributed by atoms with E-state index in [1.54, 1.807) is 12.1 Å².